The lowest BCUT2D eigenvalue weighted by molar-refractivity contribution is -0.137. The molecule has 2 fully saturated rings. The van der Waals surface area contributed by atoms with Crippen molar-refractivity contribution in [1.82, 2.24) is 15.2 Å². The molecule has 0 spiro atoms. The summed E-state index contributed by atoms with van der Waals surface area (Å²) in [5.41, 5.74) is 0.214. The zero-order chi connectivity index (χ0) is 30.8. The number of carbonyl (C=O) groups is 1. The van der Waals surface area contributed by atoms with Crippen molar-refractivity contribution in [3.8, 4) is 23.1 Å². The van der Waals surface area contributed by atoms with Crippen molar-refractivity contribution in [2.45, 2.75) is 43.8 Å². The first kappa shape index (κ1) is 30.3. The Morgan fingerprint density at radius 1 is 1.16 bits per heavy atom. The largest absolute Gasteiger partial charge is 0.490 e. The maximum absolute atomic E-state index is 14.5. The summed E-state index contributed by atoms with van der Waals surface area (Å²) in [5, 5.41) is 12.9. The van der Waals surface area contributed by atoms with Crippen molar-refractivity contribution < 1.29 is 27.1 Å². The monoisotopic (exact) mass is 595 g/mol. The molecule has 2 aromatic carbocycles. The summed E-state index contributed by atoms with van der Waals surface area (Å²) < 4.78 is 59.8. The number of piperidine rings is 1. The van der Waals surface area contributed by atoms with Gasteiger partial charge in [-0.15, -0.1) is 0 Å². The number of ether oxygens (including phenoxy) is 1. The molecule has 2 aliphatic rings. The third kappa shape index (κ3) is 6.15. The minimum atomic E-state index is -4.55. The number of pyridine rings is 1. The van der Waals surface area contributed by atoms with Crippen molar-refractivity contribution in [1.29, 1.82) is 5.26 Å². The number of hydrogen-bond acceptors (Lipinski definition) is 6. The van der Waals surface area contributed by atoms with E-state index in [0.29, 0.717) is 48.4 Å². The molecule has 11 heteroatoms. The summed E-state index contributed by atoms with van der Waals surface area (Å²) in [5.74, 6) is -0.508. The SMILES string of the molecule is CCOc1c(F)cccc1-c1ccc(C2(C(=O)N[C@@H]3CCN(C)C3)CCN(c3ccc(C(F)(F)F)cc3C#N)CC2)cn1. The summed E-state index contributed by atoms with van der Waals surface area (Å²) in [6.45, 7) is 4.36. The van der Waals surface area contributed by atoms with E-state index in [1.165, 1.54) is 12.1 Å². The van der Waals surface area contributed by atoms with Crippen LogP contribution >= 0.6 is 0 Å². The van der Waals surface area contributed by atoms with Gasteiger partial charge in [0, 0.05) is 37.4 Å². The van der Waals surface area contributed by atoms with Crippen molar-refractivity contribution in [3.63, 3.8) is 0 Å². The minimum Gasteiger partial charge on any atom is -0.490 e. The maximum Gasteiger partial charge on any atom is 0.416 e. The Hall–Kier alpha value is -4.17. The number of alkyl halides is 3. The Balaban J connectivity index is 1.45. The van der Waals surface area contributed by atoms with E-state index in [2.05, 4.69) is 15.2 Å². The number of likely N-dealkylation sites (N-methyl/N-ethyl adjacent to an activating group) is 1. The van der Waals surface area contributed by atoms with Crippen LogP contribution in [0, 0.1) is 17.1 Å². The molecular formula is C32H33F4N5O2. The first-order chi connectivity index (χ1) is 20.6. The van der Waals surface area contributed by atoms with Crippen LogP contribution in [0.3, 0.4) is 0 Å². The number of halogens is 4. The number of carbonyl (C=O) groups excluding carboxylic acids is 1. The molecule has 2 saturated heterocycles. The zero-order valence-corrected chi connectivity index (χ0v) is 24.0. The summed E-state index contributed by atoms with van der Waals surface area (Å²) in [6, 6.07) is 13.3. The number of nitriles is 1. The lowest BCUT2D eigenvalue weighted by Gasteiger charge is -2.42. The van der Waals surface area contributed by atoms with E-state index in [4.69, 9.17) is 4.74 Å². The van der Waals surface area contributed by atoms with Crippen LogP contribution in [0.1, 0.15) is 42.9 Å². The highest BCUT2D eigenvalue weighted by Crippen LogP contribution is 2.40. The van der Waals surface area contributed by atoms with E-state index < -0.39 is 23.0 Å². The average molecular weight is 596 g/mol. The van der Waals surface area contributed by atoms with Crippen molar-refractivity contribution >= 4 is 11.6 Å². The predicted molar refractivity (Wildman–Crippen MR) is 154 cm³/mol. The van der Waals surface area contributed by atoms with Crippen LogP contribution in [-0.2, 0) is 16.4 Å². The number of rotatable bonds is 7. The van der Waals surface area contributed by atoms with E-state index in [1.54, 1.807) is 31.3 Å². The number of hydrogen-bond donors (Lipinski definition) is 1. The first-order valence-corrected chi connectivity index (χ1v) is 14.3. The van der Waals surface area contributed by atoms with Gasteiger partial charge < -0.3 is 19.9 Å². The highest BCUT2D eigenvalue weighted by atomic mass is 19.4. The van der Waals surface area contributed by atoms with Gasteiger partial charge in [-0.1, -0.05) is 12.1 Å². The van der Waals surface area contributed by atoms with Gasteiger partial charge in [-0.05, 0) is 81.7 Å². The lowest BCUT2D eigenvalue weighted by Crippen LogP contribution is -2.54. The maximum atomic E-state index is 14.5. The number of benzene rings is 2. The van der Waals surface area contributed by atoms with Gasteiger partial charge in [0.1, 0.15) is 6.07 Å². The van der Waals surface area contributed by atoms with Gasteiger partial charge in [0.15, 0.2) is 11.6 Å². The molecule has 1 amide bonds. The Morgan fingerprint density at radius 2 is 1.93 bits per heavy atom. The fraction of sp³-hybridized carbons (Fsp3) is 0.406. The minimum absolute atomic E-state index is 0.000728. The average Bonchev–Trinajstić information content (AvgIpc) is 3.41. The molecule has 2 aliphatic heterocycles. The predicted octanol–water partition coefficient (Wildman–Crippen LogP) is 5.54. The highest BCUT2D eigenvalue weighted by Gasteiger charge is 2.45. The molecule has 0 saturated carbocycles. The summed E-state index contributed by atoms with van der Waals surface area (Å²) in [7, 11) is 2.00. The van der Waals surface area contributed by atoms with Crippen molar-refractivity contribution in [3.05, 3.63) is 77.2 Å². The van der Waals surface area contributed by atoms with Gasteiger partial charge in [0.05, 0.1) is 34.5 Å². The third-order valence-electron chi connectivity index (χ3n) is 8.41. The Bertz CT molecular complexity index is 1510. The molecule has 0 aliphatic carbocycles. The molecule has 5 rings (SSSR count). The zero-order valence-electron chi connectivity index (χ0n) is 24.0. The van der Waals surface area contributed by atoms with Crippen LogP contribution in [0.4, 0.5) is 23.2 Å². The normalized spacial score (nSPS) is 18.7. The quantitative estimate of drug-likeness (QED) is 0.362. The van der Waals surface area contributed by atoms with Crippen LogP contribution in [0.25, 0.3) is 11.3 Å². The molecular weight excluding hydrogens is 562 g/mol. The summed E-state index contributed by atoms with van der Waals surface area (Å²) in [6.07, 6.45) is -1.36. The van der Waals surface area contributed by atoms with E-state index in [-0.39, 0.29) is 29.9 Å². The molecule has 1 aromatic heterocycles. The van der Waals surface area contributed by atoms with Crippen LogP contribution in [-0.4, -0.2) is 61.7 Å². The van der Waals surface area contributed by atoms with E-state index in [0.717, 1.165) is 31.6 Å². The Morgan fingerprint density at radius 3 is 2.53 bits per heavy atom. The molecule has 43 heavy (non-hydrogen) atoms. The number of nitrogens with one attached hydrogen (secondary N) is 1. The number of para-hydroxylation sites is 1. The van der Waals surface area contributed by atoms with Gasteiger partial charge >= 0.3 is 6.18 Å². The molecule has 0 bridgehead atoms. The fourth-order valence-electron chi connectivity index (χ4n) is 6.07. The van der Waals surface area contributed by atoms with Gasteiger partial charge in [0.2, 0.25) is 5.91 Å². The fourth-order valence-corrected chi connectivity index (χ4v) is 6.07. The summed E-state index contributed by atoms with van der Waals surface area (Å²) in [4.78, 5) is 22.6. The van der Waals surface area contributed by atoms with Gasteiger partial charge in [-0.3, -0.25) is 9.78 Å². The first-order valence-electron chi connectivity index (χ1n) is 14.3. The second-order valence-corrected chi connectivity index (χ2v) is 11.1. The molecule has 1 atom stereocenters. The Kier molecular flexibility index (Phi) is 8.60. The molecule has 3 aromatic rings. The van der Waals surface area contributed by atoms with Crippen LogP contribution < -0.4 is 15.0 Å². The Labute approximate surface area is 248 Å². The molecule has 226 valence electrons. The lowest BCUT2D eigenvalue weighted by atomic mass is 9.72. The van der Waals surface area contributed by atoms with Crippen molar-refractivity contribution in [2.75, 3.05) is 44.7 Å². The van der Waals surface area contributed by atoms with Gasteiger partial charge in [-0.25, -0.2) is 4.39 Å². The van der Waals surface area contributed by atoms with E-state index in [9.17, 15) is 27.6 Å². The van der Waals surface area contributed by atoms with Gasteiger partial charge in [-0.2, -0.15) is 18.4 Å². The van der Waals surface area contributed by atoms with Gasteiger partial charge in [0.25, 0.3) is 0 Å². The molecule has 0 unspecified atom stereocenters. The van der Waals surface area contributed by atoms with Crippen molar-refractivity contribution in [2.24, 2.45) is 0 Å². The number of nitrogens with zero attached hydrogens (tertiary/aromatic N) is 4. The number of anilines is 1. The van der Waals surface area contributed by atoms with Crippen LogP contribution in [0.2, 0.25) is 0 Å². The topological polar surface area (TPSA) is 81.5 Å². The second kappa shape index (κ2) is 12.2. The summed E-state index contributed by atoms with van der Waals surface area (Å²) >= 11 is 0. The molecule has 1 N–H and O–H groups in total. The number of amides is 1. The standard InChI is InChI=1S/C32H33F4N5O2/c1-3-43-29-25(5-4-6-26(29)33)27-9-7-23(19-38-27)31(30(42)39-24-11-14-40(2)20-24)12-15-41(16-13-31)28-10-8-22(32(34,35)36)17-21(28)18-37/h4-10,17,19,24H,3,11-16,20H2,1-2H3,(H,39,42)/t24-/m1/s1. The van der Waals surface area contributed by atoms with E-state index in [1.807, 2.05) is 24.1 Å². The molecule has 3 heterocycles. The highest BCUT2D eigenvalue weighted by molar-refractivity contribution is 5.89. The smallest absolute Gasteiger partial charge is 0.416 e. The van der Waals surface area contributed by atoms with Crippen LogP contribution in [0.5, 0.6) is 5.75 Å². The second-order valence-electron chi connectivity index (χ2n) is 11.1. The number of likely N-dealkylation sites (tertiary alicyclic amines) is 1. The third-order valence-corrected chi connectivity index (χ3v) is 8.41. The molecule has 0 radical (unpaired) electrons. The van der Waals surface area contributed by atoms with E-state index >= 15 is 0 Å². The number of aromatic nitrogens is 1. The molecule has 7 nitrogen and oxygen atoms in total. The van der Waals surface area contributed by atoms with Crippen LogP contribution in [0.15, 0.2) is 54.7 Å².